The fourth-order valence-electron chi connectivity index (χ4n) is 2.99. The van der Waals surface area contributed by atoms with Gasteiger partial charge in [-0.2, -0.15) is 18.3 Å². The van der Waals surface area contributed by atoms with Gasteiger partial charge in [0.1, 0.15) is 5.02 Å². The second-order valence-corrected chi connectivity index (χ2v) is 7.75. The molecule has 0 fully saturated rings. The number of fused-ring (bicyclic) bond motifs is 1. The fraction of sp³-hybridized carbons (Fsp3) is 0.150. The normalized spacial score (nSPS) is 11.6. The van der Waals surface area contributed by atoms with E-state index in [9.17, 15) is 18.0 Å². The van der Waals surface area contributed by atoms with Gasteiger partial charge < -0.3 is 14.8 Å². The molecule has 12 heteroatoms. The number of hydrogen-bond donors (Lipinski definition) is 1. The molecular weight excluding hydrogens is 469 g/mol. The van der Waals surface area contributed by atoms with Crippen LogP contribution in [0, 0.1) is 0 Å². The summed E-state index contributed by atoms with van der Waals surface area (Å²) in [5.41, 5.74) is -1.39. The number of alkyl halides is 3. The van der Waals surface area contributed by atoms with Gasteiger partial charge in [0, 0.05) is 11.8 Å². The summed E-state index contributed by atoms with van der Waals surface area (Å²) in [5.74, 6) is -0.0112. The van der Waals surface area contributed by atoms with Gasteiger partial charge >= 0.3 is 6.18 Å². The molecule has 3 heterocycles. The van der Waals surface area contributed by atoms with Crippen molar-refractivity contribution in [1.82, 2.24) is 14.6 Å². The molecule has 1 amide bonds. The molecule has 0 aliphatic carbocycles. The van der Waals surface area contributed by atoms with Crippen LogP contribution in [0.4, 0.5) is 18.9 Å². The number of nitrogens with one attached hydrogen (secondary N) is 1. The first kappa shape index (κ1) is 21.9. The Balaban J connectivity index is 1.78. The molecule has 0 unspecified atom stereocenters. The number of amides is 1. The molecule has 0 bridgehead atoms. The van der Waals surface area contributed by atoms with Crippen molar-refractivity contribution in [1.29, 1.82) is 0 Å². The number of ether oxygens (including phenoxy) is 2. The Morgan fingerprint density at radius 2 is 1.91 bits per heavy atom. The Bertz CT molecular complexity index is 1310. The third kappa shape index (κ3) is 3.96. The first-order valence-electron chi connectivity index (χ1n) is 8.96. The van der Waals surface area contributed by atoms with Crippen LogP contribution >= 0.6 is 22.9 Å². The molecule has 166 valence electrons. The Morgan fingerprint density at radius 1 is 1.16 bits per heavy atom. The minimum atomic E-state index is -4.75. The number of anilines is 1. The van der Waals surface area contributed by atoms with Crippen LogP contribution in [0.2, 0.25) is 5.02 Å². The van der Waals surface area contributed by atoms with Crippen molar-refractivity contribution in [3.63, 3.8) is 0 Å². The fourth-order valence-corrected chi connectivity index (χ4v) is 3.93. The third-order valence-corrected chi connectivity index (χ3v) is 5.69. The van der Waals surface area contributed by atoms with E-state index in [1.165, 1.54) is 37.7 Å². The van der Waals surface area contributed by atoms with Crippen molar-refractivity contribution in [2.45, 2.75) is 6.18 Å². The van der Waals surface area contributed by atoms with E-state index in [0.29, 0.717) is 26.6 Å². The highest BCUT2D eigenvalue weighted by Gasteiger charge is 2.36. The Kier molecular flexibility index (Phi) is 5.70. The minimum absolute atomic E-state index is 0.0773. The monoisotopic (exact) mass is 482 g/mol. The molecule has 4 rings (SSSR count). The highest BCUT2D eigenvalue weighted by molar-refractivity contribution is 7.13. The standard InChI is InChI=1S/C20H14ClF3N4O3S/c1-30-12-6-5-10(8-13(12)31-2)25-19(29)17-16(21)18-26-11(14-4-3-7-32-14)9-15(20(22,23)24)28(18)27-17/h3-9H,1-2H3,(H,25,29). The lowest BCUT2D eigenvalue weighted by atomic mass is 10.2. The predicted molar refractivity (Wildman–Crippen MR) is 114 cm³/mol. The van der Waals surface area contributed by atoms with Gasteiger partial charge in [-0.25, -0.2) is 9.50 Å². The van der Waals surface area contributed by atoms with Gasteiger partial charge in [0.2, 0.25) is 0 Å². The Morgan fingerprint density at radius 3 is 2.53 bits per heavy atom. The van der Waals surface area contributed by atoms with Crippen LogP contribution in [0.3, 0.4) is 0 Å². The zero-order valence-electron chi connectivity index (χ0n) is 16.5. The average Bonchev–Trinajstić information content (AvgIpc) is 3.41. The molecule has 0 radical (unpaired) electrons. The van der Waals surface area contributed by atoms with Crippen molar-refractivity contribution in [2.24, 2.45) is 0 Å². The molecule has 32 heavy (non-hydrogen) atoms. The van der Waals surface area contributed by atoms with E-state index >= 15 is 0 Å². The maximum atomic E-state index is 13.7. The maximum Gasteiger partial charge on any atom is 0.433 e. The Labute approximate surface area is 188 Å². The number of carbonyl (C=O) groups is 1. The van der Waals surface area contributed by atoms with Gasteiger partial charge in [-0.05, 0) is 29.6 Å². The minimum Gasteiger partial charge on any atom is -0.493 e. The molecule has 4 aromatic rings. The van der Waals surface area contributed by atoms with Gasteiger partial charge in [0.15, 0.2) is 28.5 Å². The SMILES string of the molecule is COc1ccc(NC(=O)c2nn3c(C(F)(F)F)cc(-c4cccs4)nc3c2Cl)cc1OC. The van der Waals surface area contributed by atoms with Crippen molar-refractivity contribution < 1.29 is 27.4 Å². The predicted octanol–water partition coefficient (Wildman–Crippen LogP) is 5.40. The number of halogens is 4. The number of aromatic nitrogens is 3. The Hall–Kier alpha value is -3.31. The molecule has 7 nitrogen and oxygen atoms in total. The first-order valence-corrected chi connectivity index (χ1v) is 10.2. The third-order valence-electron chi connectivity index (χ3n) is 4.45. The van der Waals surface area contributed by atoms with Gasteiger partial charge in [0.05, 0.1) is 24.8 Å². The van der Waals surface area contributed by atoms with Crippen LogP contribution in [0.25, 0.3) is 16.2 Å². The lowest BCUT2D eigenvalue weighted by Gasteiger charge is -2.10. The second-order valence-electron chi connectivity index (χ2n) is 6.42. The molecule has 0 saturated heterocycles. The highest BCUT2D eigenvalue weighted by atomic mass is 35.5. The molecule has 1 N–H and O–H groups in total. The molecule has 0 spiro atoms. The summed E-state index contributed by atoms with van der Waals surface area (Å²) in [5, 5.41) is 7.77. The number of carbonyl (C=O) groups excluding carboxylic acids is 1. The van der Waals surface area contributed by atoms with E-state index in [-0.39, 0.29) is 16.4 Å². The molecule has 0 aliphatic heterocycles. The first-order chi connectivity index (χ1) is 15.2. The van der Waals surface area contributed by atoms with Gasteiger partial charge in [-0.3, -0.25) is 4.79 Å². The van der Waals surface area contributed by atoms with Crippen LogP contribution < -0.4 is 14.8 Å². The zero-order chi connectivity index (χ0) is 23.0. The summed E-state index contributed by atoms with van der Waals surface area (Å²) in [6.07, 6.45) is -4.75. The summed E-state index contributed by atoms with van der Waals surface area (Å²) in [7, 11) is 2.89. The van der Waals surface area contributed by atoms with E-state index in [2.05, 4.69) is 15.4 Å². The van der Waals surface area contributed by atoms with Crippen molar-refractivity contribution in [3.05, 3.63) is 58.2 Å². The smallest absolute Gasteiger partial charge is 0.433 e. The molecule has 0 aliphatic rings. The van der Waals surface area contributed by atoms with E-state index < -0.39 is 23.5 Å². The zero-order valence-corrected chi connectivity index (χ0v) is 18.1. The van der Waals surface area contributed by atoms with Gasteiger partial charge in [-0.1, -0.05) is 17.7 Å². The molecule has 0 atom stereocenters. The summed E-state index contributed by atoms with van der Waals surface area (Å²) in [4.78, 5) is 17.5. The number of rotatable bonds is 5. The van der Waals surface area contributed by atoms with E-state index in [1.54, 1.807) is 23.6 Å². The molecule has 0 saturated carbocycles. The largest absolute Gasteiger partial charge is 0.493 e. The number of benzene rings is 1. The van der Waals surface area contributed by atoms with Gasteiger partial charge in [0.25, 0.3) is 5.91 Å². The lowest BCUT2D eigenvalue weighted by Crippen LogP contribution is -2.15. The molecule has 3 aromatic heterocycles. The second kappa shape index (κ2) is 8.32. The van der Waals surface area contributed by atoms with Crippen LogP contribution in [-0.2, 0) is 6.18 Å². The van der Waals surface area contributed by atoms with Crippen molar-refractivity contribution in [3.8, 4) is 22.1 Å². The van der Waals surface area contributed by atoms with Crippen LogP contribution in [-0.4, -0.2) is 34.7 Å². The van der Waals surface area contributed by atoms with Crippen molar-refractivity contribution >= 4 is 40.2 Å². The van der Waals surface area contributed by atoms with E-state index in [0.717, 1.165) is 6.07 Å². The molecule has 1 aromatic carbocycles. The number of thiophene rings is 1. The quantitative estimate of drug-likeness (QED) is 0.412. The van der Waals surface area contributed by atoms with Crippen molar-refractivity contribution in [2.75, 3.05) is 19.5 Å². The topological polar surface area (TPSA) is 77.8 Å². The number of hydrogen-bond acceptors (Lipinski definition) is 6. The number of nitrogens with zero attached hydrogens (tertiary/aromatic N) is 3. The summed E-state index contributed by atoms with van der Waals surface area (Å²) < 4.78 is 52.0. The number of methoxy groups -OCH3 is 2. The summed E-state index contributed by atoms with van der Waals surface area (Å²) >= 11 is 7.49. The highest BCUT2D eigenvalue weighted by Crippen LogP contribution is 2.36. The lowest BCUT2D eigenvalue weighted by molar-refractivity contribution is -0.142. The molecular formula is C20H14ClF3N4O3S. The van der Waals surface area contributed by atoms with E-state index in [1.807, 2.05) is 0 Å². The average molecular weight is 483 g/mol. The summed E-state index contributed by atoms with van der Waals surface area (Å²) in [6, 6.07) is 8.80. The van der Waals surface area contributed by atoms with E-state index in [4.69, 9.17) is 21.1 Å². The van der Waals surface area contributed by atoms with Crippen LogP contribution in [0.1, 0.15) is 16.2 Å². The van der Waals surface area contributed by atoms with Crippen LogP contribution in [0.15, 0.2) is 41.8 Å². The van der Waals surface area contributed by atoms with Gasteiger partial charge in [-0.15, -0.1) is 11.3 Å². The maximum absolute atomic E-state index is 13.7. The summed E-state index contributed by atoms with van der Waals surface area (Å²) in [6.45, 7) is 0. The van der Waals surface area contributed by atoms with Crippen LogP contribution in [0.5, 0.6) is 11.5 Å².